The number of fused-ring (bicyclic) bond motifs is 1. The fraction of sp³-hybridized carbons (Fsp3) is 0.318. The molecule has 3 aromatic rings. The normalized spacial score (nSPS) is 14.2. The van der Waals surface area contributed by atoms with E-state index >= 15 is 0 Å². The second-order valence-electron chi connectivity index (χ2n) is 7.18. The van der Waals surface area contributed by atoms with Crippen LogP contribution in [0.4, 0.5) is 5.69 Å². The highest BCUT2D eigenvalue weighted by Gasteiger charge is 2.30. The van der Waals surface area contributed by atoms with Gasteiger partial charge in [-0.25, -0.2) is 4.79 Å². The molecule has 0 saturated heterocycles. The van der Waals surface area contributed by atoms with E-state index in [1.165, 1.54) is 0 Å². The molecule has 0 saturated carbocycles. The molecule has 1 amide bonds. The van der Waals surface area contributed by atoms with Crippen LogP contribution in [0, 0.1) is 5.92 Å². The van der Waals surface area contributed by atoms with Gasteiger partial charge >= 0.3 is 11.7 Å². The molecule has 3 N–H and O–H groups in total. The highest BCUT2D eigenvalue weighted by Crippen LogP contribution is 2.28. The molecular formula is C22H25N3O4. The maximum absolute atomic E-state index is 12.8. The van der Waals surface area contributed by atoms with Gasteiger partial charge in [-0.15, -0.1) is 0 Å². The third-order valence-corrected chi connectivity index (χ3v) is 5.07. The first kappa shape index (κ1) is 20.4. The predicted molar refractivity (Wildman–Crippen MR) is 112 cm³/mol. The van der Waals surface area contributed by atoms with Crippen molar-refractivity contribution in [2.45, 2.75) is 39.2 Å². The molecule has 1 heterocycles. The molecule has 152 valence electrons. The van der Waals surface area contributed by atoms with E-state index in [2.05, 4.69) is 15.3 Å². The number of esters is 1. The average molecular weight is 395 g/mol. The van der Waals surface area contributed by atoms with Crippen LogP contribution in [0.1, 0.15) is 38.7 Å². The summed E-state index contributed by atoms with van der Waals surface area (Å²) in [5.74, 6) is -1.21. The lowest BCUT2D eigenvalue weighted by molar-refractivity contribution is -0.155. The largest absolute Gasteiger partial charge is 0.452 e. The molecule has 0 spiro atoms. The maximum Gasteiger partial charge on any atom is 0.323 e. The minimum absolute atomic E-state index is 0.0768. The molecule has 3 atom stereocenters. The summed E-state index contributed by atoms with van der Waals surface area (Å²) in [6.07, 6.45) is -0.150. The van der Waals surface area contributed by atoms with Gasteiger partial charge in [0.1, 0.15) is 0 Å². The fourth-order valence-corrected chi connectivity index (χ4v) is 3.25. The average Bonchev–Trinajstić information content (AvgIpc) is 3.08. The highest BCUT2D eigenvalue weighted by atomic mass is 16.5. The molecule has 3 rings (SSSR count). The summed E-state index contributed by atoms with van der Waals surface area (Å²) in [7, 11) is 0. The van der Waals surface area contributed by atoms with Gasteiger partial charge in [-0.1, -0.05) is 50.6 Å². The summed E-state index contributed by atoms with van der Waals surface area (Å²) in [5.41, 5.74) is 2.29. The van der Waals surface area contributed by atoms with E-state index in [-0.39, 0.29) is 11.6 Å². The van der Waals surface area contributed by atoms with Crippen molar-refractivity contribution in [3.8, 4) is 0 Å². The van der Waals surface area contributed by atoms with Crippen LogP contribution in [0.25, 0.3) is 11.0 Å². The smallest absolute Gasteiger partial charge is 0.323 e. The van der Waals surface area contributed by atoms with Crippen molar-refractivity contribution in [1.82, 2.24) is 9.97 Å². The van der Waals surface area contributed by atoms with Crippen LogP contribution >= 0.6 is 0 Å². The SMILES string of the molecule is CC[C@@H](C)[C@H](C(=O)O[C@@H](C)C(=O)Nc1ccc2[nH]c(=O)[nH]c2c1)c1ccccc1. The number of aromatic nitrogens is 2. The summed E-state index contributed by atoms with van der Waals surface area (Å²) in [4.78, 5) is 42.0. The van der Waals surface area contributed by atoms with Crippen LogP contribution in [0.2, 0.25) is 0 Å². The first-order valence-corrected chi connectivity index (χ1v) is 9.67. The van der Waals surface area contributed by atoms with Crippen LogP contribution in [0.5, 0.6) is 0 Å². The molecule has 0 aliphatic heterocycles. The van der Waals surface area contributed by atoms with E-state index in [1.54, 1.807) is 25.1 Å². The molecule has 0 aliphatic rings. The number of H-pyrrole nitrogens is 2. The van der Waals surface area contributed by atoms with Gasteiger partial charge in [-0.2, -0.15) is 0 Å². The van der Waals surface area contributed by atoms with E-state index in [0.717, 1.165) is 12.0 Å². The second kappa shape index (κ2) is 8.77. The Kier molecular flexibility index (Phi) is 6.16. The first-order valence-electron chi connectivity index (χ1n) is 9.67. The van der Waals surface area contributed by atoms with E-state index in [1.807, 2.05) is 44.2 Å². The zero-order valence-electron chi connectivity index (χ0n) is 16.7. The van der Waals surface area contributed by atoms with E-state index in [9.17, 15) is 14.4 Å². The summed E-state index contributed by atoms with van der Waals surface area (Å²) >= 11 is 0. The molecule has 7 heteroatoms. The minimum Gasteiger partial charge on any atom is -0.452 e. The molecule has 0 radical (unpaired) electrons. The molecule has 0 unspecified atom stereocenters. The minimum atomic E-state index is -0.960. The highest BCUT2D eigenvalue weighted by molar-refractivity contribution is 5.97. The number of anilines is 1. The Balaban J connectivity index is 1.69. The van der Waals surface area contributed by atoms with E-state index in [0.29, 0.717) is 16.7 Å². The summed E-state index contributed by atoms with van der Waals surface area (Å²) < 4.78 is 5.50. The fourth-order valence-electron chi connectivity index (χ4n) is 3.25. The lowest BCUT2D eigenvalue weighted by Gasteiger charge is -2.23. The number of hydrogen-bond donors (Lipinski definition) is 3. The third kappa shape index (κ3) is 4.74. The zero-order valence-corrected chi connectivity index (χ0v) is 16.7. The summed E-state index contributed by atoms with van der Waals surface area (Å²) in [5, 5.41) is 2.72. The van der Waals surface area contributed by atoms with Gasteiger partial charge in [0.05, 0.1) is 17.0 Å². The van der Waals surface area contributed by atoms with Gasteiger partial charge in [0.2, 0.25) is 0 Å². The number of ether oxygens (including phenoxy) is 1. The van der Waals surface area contributed by atoms with Crippen molar-refractivity contribution in [3.63, 3.8) is 0 Å². The number of imidazole rings is 1. The Hall–Kier alpha value is -3.35. The first-order chi connectivity index (χ1) is 13.9. The lowest BCUT2D eigenvalue weighted by atomic mass is 9.85. The Morgan fingerprint density at radius 2 is 1.72 bits per heavy atom. The lowest BCUT2D eigenvalue weighted by Crippen LogP contribution is -2.33. The molecule has 0 bridgehead atoms. The van der Waals surface area contributed by atoms with Crippen molar-refractivity contribution in [1.29, 1.82) is 0 Å². The van der Waals surface area contributed by atoms with Gasteiger partial charge in [0.25, 0.3) is 5.91 Å². The van der Waals surface area contributed by atoms with Crippen LogP contribution < -0.4 is 11.0 Å². The number of benzene rings is 2. The van der Waals surface area contributed by atoms with Gasteiger partial charge in [-0.05, 0) is 36.6 Å². The molecule has 0 fully saturated rings. The van der Waals surface area contributed by atoms with Gasteiger partial charge in [0.15, 0.2) is 6.10 Å². The van der Waals surface area contributed by atoms with Crippen LogP contribution in [0.15, 0.2) is 53.3 Å². The van der Waals surface area contributed by atoms with Crippen molar-refractivity contribution >= 4 is 28.6 Å². The molecule has 1 aromatic heterocycles. The van der Waals surface area contributed by atoms with Crippen LogP contribution in [-0.4, -0.2) is 27.9 Å². The number of rotatable bonds is 7. The van der Waals surface area contributed by atoms with Gasteiger partial charge in [0, 0.05) is 5.69 Å². The Labute approximate surface area is 168 Å². The third-order valence-electron chi connectivity index (χ3n) is 5.07. The molecule has 29 heavy (non-hydrogen) atoms. The molecule has 2 aromatic carbocycles. The van der Waals surface area contributed by atoms with Crippen molar-refractivity contribution in [2.75, 3.05) is 5.32 Å². The van der Waals surface area contributed by atoms with Gasteiger partial charge in [-0.3, -0.25) is 9.59 Å². The quantitative estimate of drug-likeness (QED) is 0.532. The number of nitrogens with one attached hydrogen (secondary N) is 3. The maximum atomic E-state index is 12.8. The Morgan fingerprint density at radius 1 is 1.03 bits per heavy atom. The van der Waals surface area contributed by atoms with E-state index in [4.69, 9.17) is 4.74 Å². The van der Waals surface area contributed by atoms with Crippen molar-refractivity contribution < 1.29 is 14.3 Å². The topological polar surface area (TPSA) is 104 Å². The number of carbonyl (C=O) groups is 2. The Morgan fingerprint density at radius 3 is 2.41 bits per heavy atom. The summed E-state index contributed by atoms with van der Waals surface area (Å²) in [6, 6.07) is 14.5. The second-order valence-corrected chi connectivity index (χ2v) is 7.18. The number of carbonyl (C=O) groups excluding carboxylic acids is 2. The van der Waals surface area contributed by atoms with Crippen molar-refractivity contribution in [3.05, 3.63) is 64.6 Å². The van der Waals surface area contributed by atoms with E-state index < -0.39 is 23.9 Å². The number of hydrogen-bond acceptors (Lipinski definition) is 4. The number of aromatic amines is 2. The molecule has 0 aliphatic carbocycles. The molecule has 7 nitrogen and oxygen atoms in total. The summed E-state index contributed by atoms with van der Waals surface area (Å²) in [6.45, 7) is 5.56. The zero-order chi connectivity index (χ0) is 21.0. The van der Waals surface area contributed by atoms with Crippen molar-refractivity contribution in [2.24, 2.45) is 5.92 Å². The standard InChI is InChI=1S/C22H25N3O4/c1-4-13(2)19(15-8-6-5-7-9-15)21(27)29-14(3)20(26)23-16-10-11-17-18(12-16)25-22(28)24-17/h5-14,19H,4H2,1-3H3,(H,23,26)(H2,24,25,28)/t13-,14+,19+/m1/s1. The van der Waals surface area contributed by atoms with Crippen LogP contribution in [-0.2, 0) is 14.3 Å². The van der Waals surface area contributed by atoms with Crippen LogP contribution in [0.3, 0.4) is 0 Å². The predicted octanol–water partition coefficient (Wildman–Crippen LogP) is 3.56. The Bertz CT molecular complexity index is 1050. The molecular weight excluding hydrogens is 370 g/mol. The number of amides is 1. The van der Waals surface area contributed by atoms with Gasteiger partial charge < -0.3 is 20.0 Å². The monoisotopic (exact) mass is 395 g/mol.